The highest BCUT2D eigenvalue weighted by atomic mass is 16.7. The number of fused-ring (bicyclic) bond motifs is 1. The molecule has 22 heavy (non-hydrogen) atoms. The number of hydroxylamine groups is 2. The van der Waals surface area contributed by atoms with E-state index in [0.717, 1.165) is 0 Å². The van der Waals surface area contributed by atoms with E-state index in [9.17, 15) is 14.4 Å². The predicted octanol–water partition coefficient (Wildman–Crippen LogP) is 1.41. The summed E-state index contributed by atoms with van der Waals surface area (Å²) in [5.41, 5.74) is 1.03. The van der Waals surface area contributed by atoms with Gasteiger partial charge in [0.25, 0.3) is 11.8 Å². The van der Waals surface area contributed by atoms with Gasteiger partial charge in [-0.05, 0) is 18.6 Å². The number of imide groups is 1. The third kappa shape index (κ3) is 2.12. The molecule has 110 valence electrons. The first kappa shape index (κ1) is 13.9. The SMILES string of the molecule is CCc1ncncc1C(=O)ON1C(=O)c2ccccc2C1=O. The first-order valence-electron chi connectivity index (χ1n) is 6.62. The molecule has 1 aliphatic rings. The van der Waals surface area contributed by atoms with Crippen molar-refractivity contribution in [3.63, 3.8) is 0 Å². The van der Waals surface area contributed by atoms with Crippen molar-refractivity contribution in [2.75, 3.05) is 0 Å². The summed E-state index contributed by atoms with van der Waals surface area (Å²) in [6, 6.07) is 6.28. The van der Waals surface area contributed by atoms with Crippen molar-refractivity contribution in [1.82, 2.24) is 15.0 Å². The van der Waals surface area contributed by atoms with Crippen LogP contribution in [-0.2, 0) is 11.3 Å². The van der Waals surface area contributed by atoms with Crippen LogP contribution in [0.15, 0.2) is 36.8 Å². The number of carbonyl (C=O) groups excluding carboxylic acids is 3. The lowest BCUT2D eigenvalue weighted by Gasteiger charge is -2.13. The van der Waals surface area contributed by atoms with Crippen LogP contribution in [0.1, 0.15) is 43.7 Å². The van der Waals surface area contributed by atoms with E-state index in [2.05, 4.69) is 9.97 Å². The molecule has 0 spiro atoms. The molecule has 0 bridgehead atoms. The molecule has 0 saturated carbocycles. The molecule has 1 aromatic carbocycles. The lowest BCUT2D eigenvalue weighted by atomic mass is 10.1. The minimum atomic E-state index is -0.841. The maximum absolute atomic E-state index is 12.2. The summed E-state index contributed by atoms with van der Waals surface area (Å²) in [5.74, 6) is -2.17. The predicted molar refractivity (Wildman–Crippen MR) is 73.8 cm³/mol. The number of nitrogens with zero attached hydrogens (tertiary/aromatic N) is 3. The monoisotopic (exact) mass is 297 g/mol. The Morgan fingerprint density at radius 3 is 2.41 bits per heavy atom. The highest BCUT2D eigenvalue weighted by molar-refractivity contribution is 6.21. The molecule has 0 N–H and O–H groups in total. The summed E-state index contributed by atoms with van der Waals surface area (Å²) in [5, 5.41) is 0.472. The van der Waals surface area contributed by atoms with Crippen LogP contribution in [0.5, 0.6) is 0 Å². The molecule has 0 unspecified atom stereocenters. The fourth-order valence-corrected chi connectivity index (χ4v) is 2.19. The standard InChI is InChI=1S/C15H11N3O4/c1-2-12-11(7-16-8-17-12)15(21)22-18-13(19)9-5-3-4-6-10(9)14(18)20/h3-8H,2H2,1H3. The van der Waals surface area contributed by atoms with E-state index >= 15 is 0 Å². The zero-order valence-electron chi connectivity index (χ0n) is 11.6. The smallest absolute Gasteiger partial charge is 0.324 e. The molecule has 1 aliphatic heterocycles. The van der Waals surface area contributed by atoms with Crippen LogP contribution in [0.2, 0.25) is 0 Å². The third-order valence-corrected chi connectivity index (χ3v) is 3.28. The molecule has 0 atom stereocenters. The van der Waals surface area contributed by atoms with E-state index in [1.54, 1.807) is 12.1 Å². The van der Waals surface area contributed by atoms with Gasteiger partial charge in [-0.1, -0.05) is 24.1 Å². The molecule has 0 aliphatic carbocycles. The van der Waals surface area contributed by atoms with Crippen molar-refractivity contribution in [3.05, 3.63) is 59.2 Å². The van der Waals surface area contributed by atoms with Crippen LogP contribution in [0.4, 0.5) is 0 Å². The number of rotatable bonds is 3. The molecule has 2 aromatic rings. The molecule has 0 fully saturated rings. The van der Waals surface area contributed by atoms with Crippen molar-refractivity contribution in [1.29, 1.82) is 0 Å². The summed E-state index contributed by atoms with van der Waals surface area (Å²) < 4.78 is 0. The van der Waals surface area contributed by atoms with Crippen molar-refractivity contribution in [2.45, 2.75) is 13.3 Å². The first-order valence-corrected chi connectivity index (χ1v) is 6.62. The highest BCUT2D eigenvalue weighted by Crippen LogP contribution is 2.23. The molecular weight excluding hydrogens is 286 g/mol. The summed E-state index contributed by atoms with van der Waals surface area (Å²) in [7, 11) is 0. The van der Waals surface area contributed by atoms with Crippen LogP contribution < -0.4 is 0 Å². The lowest BCUT2D eigenvalue weighted by Crippen LogP contribution is -2.33. The zero-order valence-corrected chi connectivity index (χ0v) is 11.6. The van der Waals surface area contributed by atoms with E-state index < -0.39 is 17.8 Å². The van der Waals surface area contributed by atoms with Gasteiger partial charge in [0.05, 0.1) is 16.8 Å². The number of amides is 2. The van der Waals surface area contributed by atoms with Crippen molar-refractivity contribution < 1.29 is 19.2 Å². The Bertz CT molecular complexity index is 753. The maximum atomic E-state index is 12.2. The Labute approximate surface area is 125 Å². The van der Waals surface area contributed by atoms with Gasteiger partial charge in [-0.3, -0.25) is 9.59 Å². The number of benzene rings is 1. The molecule has 7 nitrogen and oxygen atoms in total. The molecule has 3 rings (SSSR count). The average molecular weight is 297 g/mol. The van der Waals surface area contributed by atoms with Crippen LogP contribution in [0, 0.1) is 0 Å². The van der Waals surface area contributed by atoms with E-state index in [0.29, 0.717) is 17.2 Å². The second-order valence-corrected chi connectivity index (χ2v) is 4.57. The third-order valence-electron chi connectivity index (χ3n) is 3.28. The van der Waals surface area contributed by atoms with E-state index in [4.69, 9.17) is 4.84 Å². The summed E-state index contributed by atoms with van der Waals surface area (Å²) >= 11 is 0. The van der Waals surface area contributed by atoms with E-state index in [1.165, 1.54) is 24.7 Å². The summed E-state index contributed by atoms with van der Waals surface area (Å²) in [4.78, 5) is 49.1. The Balaban J connectivity index is 1.87. The van der Waals surface area contributed by atoms with Gasteiger partial charge in [0.2, 0.25) is 0 Å². The minimum absolute atomic E-state index is 0.126. The number of aromatic nitrogens is 2. The van der Waals surface area contributed by atoms with Gasteiger partial charge in [0.15, 0.2) is 0 Å². The average Bonchev–Trinajstić information content (AvgIpc) is 2.80. The topological polar surface area (TPSA) is 89.5 Å². The van der Waals surface area contributed by atoms with E-state index in [-0.39, 0.29) is 16.7 Å². The zero-order chi connectivity index (χ0) is 15.7. The van der Waals surface area contributed by atoms with Gasteiger partial charge < -0.3 is 4.84 Å². The van der Waals surface area contributed by atoms with Gasteiger partial charge in [0, 0.05) is 6.20 Å². The largest absolute Gasteiger partial charge is 0.367 e. The number of hydrogen-bond acceptors (Lipinski definition) is 6. The first-order chi connectivity index (χ1) is 10.6. The quantitative estimate of drug-likeness (QED) is 0.796. The van der Waals surface area contributed by atoms with Crippen LogP contribution in [-0.4, -0.2) is 32.8 Å². The number of hydrogen-bond donors (Lipinski definition) is 0. The maximum Gasteiger partial charge on any atom is 0.367 e. The van der Waals surface area contributed by atoms with Gasteiger partial charge in [0.1, 0.15) is 11.9 Å². The highest BCUT2D eigenvalue weighted by Gasteiger charge is 2.39. The fraction of sp³-hybridized carbons (Fsp3) is 0.133. The second kappa shape index (κ2) is 5.36. The van der Waals surface area contributed by atoms with Crippen LogP contribution >= 0.6 is 0 Å². The van der Waals surface area contributed by atoms with Crippen LogP contribution in [0.3, 0.4) is 0 Å². The Morgan fingerprint density at radius 1 is 1.18 bits per heavy atom. The molecule has 2 heterocycles. The number of aryl methyl sites for hydroxylation is 1. The fourth-order valence-electron chi connectivity index (χ4n) is 2.19. The van der Waals surface area contributed by atoms with Crippen molar-refractivity contribution >= 4 is 17.8 Å². The Kier molecular flexibility index (Phi) is 3.38. The molecular formula is C15H11N3O4. The van der Waals surface area contributed by atoms with Crippen LogP contribution in [0.25, 0.3) is 0 Å². The molecule has 1 aromatic heterocycles. The Morgan fingerprint density at radius 2 is 1.82 bits per heavy atom. The molecule has 0 radical (unpaired) electrons. The molecule has 7 heteroatoms. The lowest BCUT2D eigenvalue weighted by molar-refractivity contribution is -0.0585. The molecule has 2 amide bonds. The molecule has 0 saturated heterocycles. The van der Waals surface area contributed by atoms with Gasteiger partial charge in [-0.15, -0.1) is 0 Å². The van der Waals surface area contributed by atoms with Gasteiger partial charge in [-0.25, -0.2) is 14.8 Å². The van der Waals surface area contributed by atoms with Gasteiger partial charge >= 0.3 is 5.97 Å². The minimum Gasteiger partial charge on any atom is -0.324 e. The van der Waals surface area contributed by atoms with Gasteiger partial charge in [-0.2, -0.15) is 0 Å². The summed E-state index contributed by atoms with van der Waals surface area (Å²) in [6.45, 7) is 1.82. The van der Waals surface area contributed by atoms with Crippen molar-refractivity contribution in [2.24, 2.45) is 0 Å². The van der Waals surface area contributed by atoms with E-state index in [1.807, 2.05) is 6.92 Å². The normalized spacial score (nSPS) is 13.2. The number of carbonyl (C=O) groups is 3. The van der Waals surface area contributed by atoms with Crippen molar-refractivity contribution in [3.8, 4) is 0 Å². The Hall–Kier alpha value is -3.09. The summed E-state index contributed by atoms with van der Waals surface area (Å²) in [6.07, 6.45) is 3.11. The second-order valence-electron chi connectivity index (χ2n) is 4.57.